The smallest absolute Gasteiger partial charge is 0.246 e. The number of piperazine rings is 1. The molecule has 3 heterocycles. The number of hydrogen-bond acceptors (Lipinski definition) is 8. The zero-order valence-corrected chi connectivity index (χ0v) is 18.0. The molecule has 168 valence electrons. The highest BCUT2D eigenvalue weighted by molar-refractivity contribution is 5.77. The maximum absolute atomic E-state index is 12.0. The van der Waals surface area contributed by atoms with E-state index in [-0.39, 0.29) is 25.9 Å². The highest BCUT2D eigenvalue weighted by Gasteiger charge is 2.17. The summed E-state index contributed by atoms with van der Waals surface area (Å²) in [4.78, 5) is 16.9. The molecule has 9 nitrogen and oxygen atoms in total. The molecule has 2 aromatic rings. The van der Waals surface area contributed by atoms with Crippen molar-refractivity contribution in [2.24, 2.45) is 0 Å². The van der Waals surface area contributed by atoms with Gasteiger partial charge in [0, 0.05) is 44.4 Å². The second kappa shape index (κ2) is 10.6. The van der Waals surface area contributed by atoms with Crippen LogP contribution >= 0.6 is 0 Å². The zero-order valence-electron chi connectivity index (χ0n) is 18.0. The molecule has 0 spiro atoms. The lowest BCUT2D eigenvalue weighted by molar-refractivity contribution is -0.126. The zero-order chi connectivity index (χ0) is 21.5. The van der Waals surface area contributed by atoms with Crippen LogP contribution in [-0.2, 0) is 16.1 Å². The lowest BCUT2D eigenvalue weighted by Crippen LogP contribution is -2.46. The molecule has 0 radical (unpaired) electrons. The Bertz CT molecular complexity index is 863. The van der Waals surface area contributed by atoms with E-state index in [2.05, 4.69) is 27.2 Å². The minimum Gasteiger partial charge on any atom is -0.454 e. The molecule has 1 fully saturated rings. The van der Waals surface area contributed by atoms with Crippen molar-refractivity contribution in [2.75, 3.05) is 59.2 Å². The van der Waals surface area contributed by atoms with E-state index < -0.39 is 0 Å². The molecule has 2 aliphatic rings. The van der Waals surface area contributed by atoms with Gasteiger partial charge in [-0.2, -0.15) is 0 Å². The molecule has 2 aliphatic heterocycles. The standard InChI is InChI=1S/C22H30N4O5/c1-2-25-8-10-26(11-9-25)7-3-6-23-22(27)15-28-14-18-13-20(31-24-18)17-4-5-19-21(12-17)30-16-29-19/h4-5,12-13H,2-3,6-11,14-16H2,1H3,(H,23,27). The van der Waals surface area contributed by atoms with Crippen LogP contribution in [0.25, 0.3) is 11.3 Å². The largest absolute Gasteiger partial charge is 0.454 e. The Kier molecular flexibility index (Phi) is 7.39. The van der Waals surface area contributed by atoms with E-state index in [0.29, 0.717) is 23.7 Å². The third-order valence-corrected chi connectivity index (χ3v) is 5.58. The number of fused-ring (bicyclic) bond motifs is 1. The molecule has 0 aliphatic carbocycles. The van der Waals surface area contributed by atoms with E-state index in [4.69, 9.17) is 18.7 Å². The second-order valence-corrected chi connectivity index (χ2v) is 7.72. The van der Waals surface area contributed by atoms with Gasteiger partial charge in [0.15, 0.2) is 17.3 Å². The van der Waals surface area contributed by atoms with Gasteiger partial charge in [0.2, 0.25) is 12.7 Å². The summed E-state index contributed by atoms with van der Waals surface area (Å²) in [5, 5.41) is 6.92. The van der Waals surface area contributed by atoms with Gasteiger partial charge in [0.25, 0.3) is 0 Å². The van der Waals surface area contributed by atoms with E-state index in [1.165, 1.54) is 0 Å². The lowest BCUT2D eigenvalue weighted by Gasteiger charge is -2.33. The topological polar surface area (TPSA) is 89.3 Å². The summed E-state index contributed by atoms with van der Waals surface area (Å²) < 4.78 is 21.6. The molecule has 1 aromatic carbocycles. The molecule has 1 amide bonds. The predicted octanol–water partition coefficient (Wildman–Crippen LogP) is 1.73. The fourth-order valence-electron chi connectivity index (χ4n) is 3.72. The Morgan fingerprint density at radius 1 is 1.13 bits per heavy atom. The summed E-state index contributed by atoms with van der Waals surface area (Å²) in [5.41, 5.74) is 1.48. The first-order valence-electron chi connectivity index (χ1n) is 10.9. The van der Waals surface area contributed by atoms with Crippen LogP contribution in [-0.4, -0.2) is 80.1 Å². The number of carbonyl (C=O) groups is 1. The molecule has 4 rings (SSSR count). The van der Waals surface area contributed by atoms with Crippen molar-refractivity contribution in [1.29, 1.82) is 0 Å². The number of aromatic nitrogens is 1. The van der Waals surface area contributed by atoms with Gasteiger partial charge < -0.3 is 33.9 Å². The summed E-state index contributed by atoms with van der Waals surface area (Å²) in [7, 11) is 0. The summed E-state index contributed by atoms with van der Waals surface area (Å²) in [6, 6.07) is 7.37. The molecular weight excluding hydrogens is 400 g/mol. The number of hydrogen-bond donors (Lipinski definition) is 1. The summed E-state index contributed by atoms with van der Waals surface area (Å²) in [6.07, 6.45) is 0.944. The molecular formula is C22H30N4O5. The van der Waals surface area contributed by atoms with E-state index in [1.54, 1.807) is 6.07 Å². The molecule has 1 saturated heterocycles. The Hall–Kier alpha value is -2.62. The summed E-state index contributed by atoms with van der Waals surface area (Å²) in [6.45, 7) is 9.93. The number of amides is 1. The molecule has 1 aromatic heterocycles. The van der Waals surface area contributed by atoms with Gasteiger partial charge >= 0.3 is 0 Å². The third-order valence-electron chi connectivity index (χ3n) is 5.58. The van der Waals surface area contributed by atoms with Crippen molar-refractivity contribution >= 4 is 5.91 Å². The van der Waals surface area contributed by atoms with Crippen molar-refractivity contribution in [2.45, 2.75) is 20.0 Å². The van der Waals surface area contributed by atoms with E-state index in [0.717, 1.165) is 57.0 Å². The molecule has 31 heavy (non-hydrogen) atoms. The van der Waals surface area contributed by atoms with Gasteiger partial charge in [-0.1, -0.05) is 12.1 Å². The number of likely N-dealkylation sites (N-methyl/N-ethyl adjacent to an activating group) is 1. The number of rotatable bonds is 10. The highest BCUT2D eigenvalue weighted by atomic mass is 16.7. The number of nitrogens with zero attached hydrogens (tertiary/aromatic N) is 3. The Morgan fingerprint density at radius 2 is 1.94 bits per heavy atom. The van der Waals surface area contributed by atoms with Crippen LogP contribution in [0.2, 0.25) is 0 Å². The van der Waals surface area contributed by atoms with Gasteiger partial charge in [0.1, 0.15) is 12.3 Å². The van der Waals surface area contributed by atoms with E-state index in [1.807, 2.05) is 18.2 Å². The van der Waals surface area contributed by atoms with Crippen LogP contribution < -0.4 is 14.8 Å². The van der Waals surface area contributed by atoms with Crippen LogP contribution in [0.3, 0.4) is 0 Å². The molecule has 0 atom stereocenters. The normalized spacial score (nSPS) is 16.5. The SMILES string of the molecule is CCN1CCN(CCCNC(=O)COCc2cc(-c3ccc4c(c3)OCO4)on2)CC1. The van der Waals surface area contributed by atoms with Gasteiger partial charge in [-0.05, 0) is 37.7 Å². The average molecular weight is 431 g/mol. The van der Waals surface area contributed by atoms with E-state index in [9.17, 15) is 4.79 Å². The maximum Gasteiger partial charge on any atom is 0.246 e. The Morgan fingerprint density at radius 3 is 2.77 bits per heavy atom. The number of ether oxygens (including phenoxy) is 3. The number of carbonyl (C=O) groups excluding carboxylic acids is 1. The van der Waals surface area contributed by atoms with Gasteiger partial charge in [-0.3, -0.25) is 4.79 Å². The van der Waals surface area contributed by atoms with Crippen LogP contribution in [0.1, 0.15) is 19.0 Å². The van der Waals surface area contributed by atoms with Crippen LogP contribution in [0, 0.1) is 0 Å². The minimum atomic E-state index is -0.115. The van der Waals surface area contributed by atoms with Crippen LogP contribution in [0.15, 0.2) is 28.8 Å². The summed E-state index contributed by atoms with van der Waals surface area (Å²) >= 11 is 0. The first-order valence-corrected chi connectivity index (χ1v) is 10.9. The Balaban J connectivity index is 1.11. The van der Waals surface area contributed by atoms with Gasteiger partial charge in [-0.25, -0.2) is 0 Å². The van der Waals surface area contributed by atoms with Crippen LogP contribution in [0.4, 0.5) is 0 Å². The molecule has 0 saturated carbocycles. The fraction of sp³-hybridized carbons (Fsp3) is 0.545. The van der Waals surface area contributed by atoms with Crippen LogP contribution in [0.5, 0.6) is 11.5 Å². The molecule has 1 N–H and O–H groups in total. The number of nitrogens with one attached hydrogen (secondary N) is 1. The van der Waals surface area contributed by atoms with Gasteiger partial charge in [-0.15, -0.1) is 0 Å². The fourth-order valence-corrected chi connectivity index (χ4v) is 3.72. The summed E-state index contributed by atoms with van der Waals surface area (Å²) in [5.74, 6) is 1.90. The highest BCUT2D eigenvalue weighted by Crippen LogP contribution is 2.36. The first kappa shape index (κ1) is 21.6. The minimum absolute atomic E-state index is 0.00138. The quantitative estimate of drug-likeness (QED) is 0.570. The predicted molar refractivity (Wildman–Crippen MR) is 114 cm³/mol. The van der Waals surface area contributed by atoms with Crippen molar-refractivity contribution in [1.82, 2.24) is 20.3 Å². The Labute approximate surface area is 182 Å². The molecule has 0 unspecified atom stereocenters. The van der Waals surface area contributed by atoms with Crippen molar-refractivity contribution < 1.29 is 23.5 Å². The molecule has 0 bridgehead atoms. The third kappa shape index (κ3) is 5.96. The average Bonchev–Trinajstić information content (AvgIpc) is 3.46. The number of benzene rings is 1. The van der Waals surface area contributed by atoms with E-state index >= 15 is 0 Å². The van der Waals surface area contributed by atoms with Crippen molar-refractivity contribution in [3.8, 4) is 22.8 Å². The van der Waals surface area contributed by atoms with Crippen molar-refractivity contribution in [3.05, 3.63) is 30.0 Å². The maximum atomic E-state index is 12.0. The van der Waals surface area contributed by atoms with Gasteiger partial charge in [0.05, 0.1) is 6.61 Å². The second-order valence-electron chi connectivity index (χ2n) is 7.72. The first-order chi connectivity index (χ1) is 15.2. The lowest BCUT2D eigenvalue weighted by atomic mass is 10.1. The monoisotopic (exact) mass is 430 g/mol. The molecule has 9 heteroatoms. The van der Waals surface area contributed by atoms with Crippen molar-refractivity contribution in [3.63, 3.8) is 0 Å².